The van der Waals surface area contributed by atoms with Crippen molar-refractivity contribution in [2.45, 2.75) is 53.4 Å². The van der Waals surface area contributed by atoms with Crippen molar-refractivity contribution in [1.82, 2.24) is 15.5 Å². The van der Waals surface area contributed by atoms with E-state index in [4.69, 9.17) is 4.74 Å². The minimum atomic E-state index is -0.873. The Kier molecular flexibility index (Phi) is 16.7. The molecule has 0 aromatic heterocycles. The van der Waals surface area contributed by atoms with E-state index in [0.29, 0.717) is 31.6 Å². The van der Waals surface area contributed by atoms with Gasteiger partial charge < -0.3 is 20.3 Å². The summed E-state index contributed by atoms with van der Waals surface area (Å²) < 4.78 is 32.5. The number of ether oxygens (including phenoxy) is 1. The summed E-state index contributed by atoms with van der Waals surface area (Å²) in [6.07, 6.45) is 6.94. The number of aryl methyl sites for hydroxylation is 1. The molecule has 0 atom stereocenters. The Morgan fingerprint density at radius 1 is 1.06 bits per heavy atom. The molecule has 5 nitrogen and oxygen atoms in total. The summed E-state index contributed by atoms with van der Waals surface area (Å²) >= 11 is 0. The van der Waals surface area contributed by atoms with Crippen molar-refractivity contribution < 1.29 is 18.3 Å². The molecule has 2 N–H and O–H groups in total. The number of hydrogen-bond donors (Lipinski definition) is 2. The maximum absolute atomic E-state index is 13.6. The molecule has 0 bridgehead atoms. The van der Waals surface area contributed by atoms with Crippen LogP contribution in [-0.4, -0.2) is 50.6 Å². The fourth-order valence-electron chi connectivity index (χ4n) is 3.64. The average molecular weight is 504 g/mol. The number of carbonyl (C=O) groups excluding carboxylic acids is 1. The van der Waals surface area contributed by atoms with Crippen molar-refractivity contribution in [2.24, 2.45) is 0 Å². The van der Waals surface area contributed by atoms with Crippen molar-refractivity contribution in [1.29, 1.82) is 0 Å². The van der Waals surface area contributed by atoms with Gasteiger partial charge in [-0.2, -0.15) is 0 Å². The molecule has 0 spiro atoms. The van der Waals surface area contributed by atoms with Crippen molar-refractivity contribution in [3.63, 3.8) is 0 Å². The number of rotatable bonds is 12. The lowest BCUT2D eigenvalue weighted by Gasteiger charge is -2.14. The molecule has 0 saturated carbocycles. The van der Waals surface area contributed by atoms with Gasteiger partial charge in [0.15, 0.2) is 11.6 Å². The zero-order valence-corrected chi connectivity index (χ0v) is 22.3. The highest BCUT2D eigenvalue weighted by molar-refractivity contribution is 5.64. The van der Waals surface area contributed by atoms with Crippen molar-refractivity contribution >= 4 is 12.1 Å². The first kappa shape index (κ1) is 31.1. The molecule has 36 heavy (non-hydrogen) atoms. The number of amides is 1. The highest BCUT2D eigenvalue weighted by Gasteiger charge is 2.11. The number of hydrogen-bond acceptors (Lipinski definition) is 4. The molecule has 1 heterocycles. The number of allylic oxidation sites excluding steroid dienone is 1. The van der Waals surface area contributed by atoms with Gasteiger partial charge in [-0.15, -0.1) is 0 Å². The van der Waals surface area contributed by atoms with E-state index in [1.54, 1.807) is 6.08 Å². The summed E-state index contributed by atoms with van der Waals surface area (Å²) in [4.78, 5) is 12.6. The van der Waals surface area contributed by atoms with Crippen LogP contribution in [0.2, 0.25) is 0 Å². The standard InChI is InChI=1S/C14H21NO.C13H16F2N2O.C2H6/c1-13-5-7-14(8-6-13)16-12-4-11-15-9-2-3-10-15;1-2-4-12(17-8-7-16-9-18)10-5-3-6-11(14)13(10)15;1-2/h5-8H,2-4,9-12H2,1H3;3-6,9,17H,2,7-8H2,1H3,(H,16,18);1-2H3/b;12-4+;. The number of likely N-dealkylation sites (tertiary alicyclic amines) is 1. The van der Waals surface area contributed by atoms with Crippen LogP contribution in [0, 0.1) is 18.6 Å². The second kappa shape index (κ2) is 19.3. The zero-order chi connectivity index (χ0) is 26.6. The second-order valence-electron chi connectivity index (χ2n) is 8.19. The van der Waals surface area contributed by atoms with Gasteiger partial charge in [0, 0.05) is 30.9 Å². The number of halogens is 2. The van der Waals surface area contributed by atoms with E-state index >= 15 is 0 Å². The lowest BCUT2D eigenvalue weighted by molar-refractivity contribution is -0.109. The third kappa shape index (κ3) is 12.2. The lowest BCUT2D eigenvalue weighted by atomic mass is 10.1. The minimum absolute atomic E-state index is 0.197. The Morgan fingerprint density at radius 3 is 2.39 bits per heavy atom. The van der Waals surface area contributed by atoms with Crippen molar-refractivity contribution in [2.75, 3.05) is 39.3 Å². The van der Waals surface area contributed by atoms with E-state index in [1.165, 1.54) is 50.2 Å². The molecule has 1 fully saturated rings. The smallest absolute Gasteiger partial charge is 0.207 e. The van der Waals surface area contributed by atoms with Crippen LogP contribution >= 0.6 is 0 Å². The molecule has 2 aromatic rings. The third-order valence-corrected chi connectivity index (χ3v) is 5.43. The van der Waals surface area contributed by atoms with Gasteiger partial charge in [-0.25, -0.2) is 8.78 Å². The monoisotopic (exact) mass is 503 g/mol. The molecular weight excluding hydrogens is 460 g/mol. The van der Waals surface area contributed by atoms with E-state index < -0.39 is 11.6 Å². The topological polar surface area (TPSA) is 53.6 Å². The van der Waals surface area contributed by atoms with Gasteiger partial charge in [0.05, 0.1) is 6.61 Å². The van der Waals surface area contributed by atoms with Gasteiger partial charge in [-0.3, -0.25) is 4.79 Å². The Labute approximate surface area is 215 Å². The lowest BCUT2D eigenvalue weighted by Crippen LogP contribution is -2.25. The summed E-state index contributed by atoms with van der Waals surface area (Å²) in [6.45, 7) is 13.4. The van der Waals surface area contributed by atoms with E-state index in [1.807, 2.05) is 32.9 Å². The molecule has 0 radical (unpaired) electrons. The van der Waals surface area contributed by atoms with E-state index in [-0.39, 0.29) is 5.56 Å². The van der Waals surface area contributed by atoms with E-state index in [9.17, 15) is 13.6 Å². The van der Waals surface area contributed by atoms with Gasteiger partial charge in [0.25, 0.3) is 0 Å². The first-order valence-corrected chi connectivity index (χ1v) is 13.0. The van der Waals surface area contributed by atoms with E-state index in [0.717, 1.165) is 24.8 Å². The minimum Gasteiger partial charge on any atom is -0.494 e. The molecule has 1 amide bonds. The maximum atomic E-state index is 13.6. The Morgan fingerprint density at radius 2 is 1.75 bits per heavy atom. The van der Waals surface area contributed by atoms with Crippen molar-refractivity contribution in [3.8, 4) is 5.75 Å². The van der Waals surface area contributed by atoms with Crippen LogP contribution in [0.1, 0.15) is 57.6 Å². The summed E-state index contributed by atoms with van der Waals surface area (Å²) in [7, 11) is 0. The van der Waals surface area contributed by atoms with Gasteiger partial charge in [-0.1, -0.05) is 50.6 Å². The van der Waals surface area contributed by atoms with Crippen LogP contribution in [0.4, 0.5) is 8.78 Å². The van der Waals surface area contributed by atoms with Gasteiger partial charge >= 0.3 is 0 Å². The fraction of sp³-hybridized carbons (Fsp3) is 0.483. The molecular formula is C29H43F2N3O2. The van der Waals surface area contributed by atoms with E-state index in [2.05, 4.69) is 34.6 Å². The average Bonchev–Trinajstić information content (AvgIpc) is 3.42. The van der Waals surface area contributed by atoms with Gasteiger partial charge in [0.1, 0.15) is 5.75 Å². The normalized spacial score (nSPS) is 13.1. The number of nitrogens with zero attached hydrogens (tertiary/aromatic N) is 1. The first-order chi connectivity index (χ1) is 17.5. The Balaban J connectivity index is 0.000000338. The number of carbonyl (C=O) groups is 1. The molecule has 0 aliphatic carbocycles. The molecule has 7 heteroatoms. The Hall–Kier alpha value is -2.93. The molecule has 1 aliphatic heterocycles. The van der Waals surface area contributed by atoms with Crippen LogP contribution in [0.5, 0.6) is 5.75 Å². The van der Waals surface area contributed by atoms with Gasteiger partial charge in [0.2, 0.25) is 6.41 Å². The molecule has 200 valence electrons. The second-order valence-corrected chi connectivity index (χ2v) is 8.19. The maximum Gasteiger partial charge on any atom is 0.207 e. The predicted octanol–water partition coefficient (Wildman–Crippen LogP) is 5.94. The van der Waals surface area contributed by atoms with Crippen molar-refractivity contribution in [3.05, 3.63) is 71.3 Å². The first-order valence-electron chi connectivity index (χ1n) is 13.0. The van der Waals surface area contributed by atoms with Gasteiger partial charge in [-0.05, 0) is 70.0 Å². The summed E-state index contributed by atoms with van der Waals surface area (Å²) in [5.74, 6) is -0.748. The number of nitrogens with one attached hydrogen (secondary N) is 2. The molecule has 2 aromatic carbocycles. The zero-order valence-electron chi connectivity index (χ0n) is 22.3. The molecule has 3 rings (SSSR count). The highest BCUT2D eigenvalue weighted by Crippen LogP contribution is 2.19. The SMILES string of the molecule is CC.CC/C=C(/NCCNC=O)c1cccc(F)c1F.Cc1ccc(OCCCN2CCCC2)cc1. The fourth-order valence-corrected chi connectivity index (χ4v) is 3.64. The molecule has 1 aliphatic rings. The molecule has 1 saturated heterocycles. The highest BCUT2D eigenvalue weighted by atomic mass is 19.2. The summed E-state index contributed by atoms with van der Waals surface area (Å²) in [6, 6.07) is 12.3. The Bertz CT molecular complexity index is 883. The van der Waals surface area contributed by atoms with Crippen LogP contribution < -0.4 is 15.4 Å². The van der Waals surface area contributed by atoms with Crippen LogP contribution in [0.15, 0.2) is 48.5 Å². The van der Waals surface area contributed by atoms with Crippen LogP contribution in [0.25, 0.3) is 5.70 Å². The number of benzene rings is 2. The molecule has 0 unspecified atom stereocenters. The summed E-state index contributed by atoms with van der Waals surface area (Å²) in [5, 5.41) is 5.46. The third-order valence-electron chi connectivity index (χ3n) is 5.43. The summed E-state index contributed by atoms with van der Waals surface area (Å²) in [5.41, 5.74) is 2.01. The largest absolute Gasteiger partial charge is 0.494 e. The van der Waals surface area contributed by atoms with Crippen LogP contribution in [-0.2, 0) is 4.79 Å². The van der Waals surface area contributed by atoms with Crippen LogP contribution in [0.3, 0.4) is 0 Å². The predicted molar refractivity (Wildman–Crippen MR) is 145 cm³/mol. The quantitative estimate of drug-likeness (QED) is 0.278.